The van der Waals surface area contributed by atoms with Gasteiger partial charge in [-0.25, -0.2) is 4.79 Å². The molecular weight excluding hydrogens is 456 g/mol. The molecule has 0 spiro atoms. The molecule has 0 bridgehead atoms. The van der Waals surface area contributed by atoms with Crippen LogP contribution in [0.25, 0.3) is 0 Å². The summed E-state index contributed by atoms with van der Waals surface area (Å²) in [6.45, 7) is 8.37. The third kappa shape index (κ3) is 6.88. The Kier molecular flexibility index (Phi) is 8.86. The molecule has 1 heterocycles. The predicted molar refractivity (Wildman–Crippen MR) is 129 cm³/mol. The zero-order valence-electron chi connectivity index (χ0n) is 20.0. The van der Waals surface area contributed by atoms with Crippen molar-refractivity contribution in [2.45, 2.75) is 63.3 Å². The largest absolute Gasteiger partial charge is 0.459 e. The van der Waals surface area contributed by atoms with Crippen molar-refractivity contribution in [2.75, 3.05) is 13.2 Å². The molecule has 1 aliphatic heterocycles. The summed E-state index contributed by atoms with van der Waals surface area (Å²) in [5.74, 6) is 0.537. The highest BCUT2D eigenvalue weighted by atomic mass is 28.3. The van der Waals surface area contributed by atoms with Gasteiger partial charge < -0.3 is 34.3 Å². The quantitative estimate of drug-likeness (QED) is 0.363. The topological polar surface area (TPSA) is 115 Å². The lowest BCUT2D eigenvalue weighted by atomic mass is 9.99. The number of carbonyl (C=O) groups is 1. The second-order valence-corrected chi connectivity index (χ2v) is 15.3. The van der Waals surface area contributed by atoms with Gasteiger partial charge in [0.05, 0.1) is 5.56 Å². The lowest BCUT2D eigenvalue weighted by molar-refractivity contribution is -0.299. The molecule has 0 aliphatic carbocycles. The van der Waals surface area contributed by atoms with E-state index in [-0.39, 0.29) is 6.61 Å². The SMILES string of the molecule is Cc1c(Oc2ccccc2)cccc1C(=O)OC[C@H]1O[C@@H](OCC[Si](C)(C)C)[C@H](O)[C@@H](O)[C@@H]1O. The summed E-state index contributed by atoms with van der Waals surface area (Å²) >= 11 is 0. The molecule has 5 atom stereocenters. The van der Waals surface area contributed by atoms with Gasteiger partial charge in [0.15, 0.2) is 6.29 Å². The van der Waals surface area contributed by atoms with Gasteiger partial charge in [0, 0.05) is 20.2 Å². The van der Waals surface area contributed by atoms with Crippen LogP contribution in [0, 0.1) is 6.92 Å². The summed E-state index contributed by atoms with van der Waals surface area (Å²) in [5.41, 5.74) is 0.909. The Hall–Kier alpha value is -2.27. The second-order valence-electron chi connectivity index (χ2n) is 9.64. The normalized spacial score (nSPS) is 25.1. The van der Waals surface area contributed by atoms with Crippen LogP contribution in [0.1, 0.15) is 15.9 Å². The number of carbonyl (C=O) groups excluding carboxylic acids is 1. The standard InChI is InChI=1S/C25H34O8Si/c1-16-18(11-8-12-19(16)32-17-9-6-5-7-10-17)24(29)31-15-20-21(26)22(27)23(28)25(33-20)30-13-14-34(2,3)4/h5-12,20-23,25-28H,13-15H2,1-4H3/t20-,21-,22+,23-,25-/m1/s1. The van der Waals surface area contributed by atoms with Crippen molar-refractivity contribution in [1.82, 2.24) is 0 Å². The Morgan fingerprint density at radius 3 is 2.35 bits per heavy atom. The van der Waals surface area contributed by atoms with Crippen LogP contribution in [0.4, 0.5) is 0 Å². The molecule has 1 aliphatic rings. The van der Waals surface area contributed by atoms with Crippen molar-refractivity contribution in [3.63, 3.8) is 0 Å². The molecule has 2 aromatic rings. The molecule has 8 nitrogen and oxygen atoms in total. The fraction of sp³-hybridized carbons (Fsp3) is 0.480. The van der Waals surface area contributed by atoms with Crippen molar-refractivity contribution < 1.29 is 39.1 Å². The number of benzene rings is 2. The van der Waals surface area contributed by atoms with E-state index < -0.39 is 44.7 Å². The van der Waals surface area contributed by atoms with Crippen molar-refractivity contribution in [2.24, 2.45) is 0 Å². The Morgan fingerprint density at radius 1 is 0.971 bits per heavy atom. The molecule has 3 N–H and O–H groups in total. The van der Waals surface area contributed by atoms with Crippen LogP contribution in [-0.4, -0.2) is 73.3 Å². The number of esters is 1. The maximum absolute atomic E-state index is 12.8. The summed E-state index contributed by atoms with van der Waals surface area (Å²) < 4.78 is 22.5. The molecule has 0 aromatic heterocycles. The van der Waals surface area contributed by atoms with Crippen LogP contribution in [-0.2, 0) is 14.2 Å². The van der Waals surface area contributed by atoms with E-state index in [0.29, 0.717) is 29.2 Å². The van der Waals surface area contributed by atoms with Gasteiger partial charge in [0.25, 0.3) is 0 Å². The van der Waals surface area contributed by atoms with Gasteiger partial charge in [-0.05, 0) is 37.2 Å². The van der Waals surface area contributed by atoms with Gasteiger partial charge in [0.1, 0.15) is 42.5 Å². The van der Waals surface area contributed by atoms with Gasteiger partial charge in [-0.1, -0.05) is 43.9 Å². The number of ether oxygens (including phenoxy) is 4. The maximum atomic E-state index is 12.8. The van der Waals surface area contributed by atoms with Crippen molar-refractivity contribution in [1.29, 1.82) is 0 Å². The first-order chi connectivity index (χ1) is 16.1. The number of aliphatic hydroxyl groups is 3. The van der Waals surface area contributed by atoms with E-state index in [1.165, 1.54) is 0 Å². The Morgan fingerprint density at radius 2 is 1.68 bits per heavy atom. The lowest BCUT2D eigenvalue weighted by Gasteiger charge is -2.40. The average molecular weight is 491 g/mol. The minimum atomic E-state index is -1.49. The third-order valence-corrected chi connectivity index (χ3v) is 7.36. The van der Waals surface area contributed by atoms with E-state index in [1.807, 2.05) is 30.3 Å². The summed E-state index contributed by atoms with van der Waals surface area (Å²) in [6.07, 6.45) is -6.50. The van der Waals surface area contributed by atoms with Gasteiger partial charge in [0.2, 0.25) is 0 Å². The van der Waals surface area contributed by atoms with E-state index in [4.69, 9.17) is 18.9 Å². The van der Waals surface area contributed by atoms with Gasteiger partial charge in [-0.3, -0.25) is 0 Å². The molecule has 186 valence electrons. The lowest BCUT2D eigenvalue weighted by Crippen LogP contribution is -2.59. The van der Waals surface area contributed by atoms with Crippen LogP contribution in [0.3, 0.4) is 0 Å². The highest BCUT2D eigenvalue weighted by molar-refractivity contribution is 6.76. The zero-order valence-corrected chi connectivity index (χ0v) is 21.0. The maximum Gasteiger partial charge on any atom is 0.338 e. The molecule has 34 heavy (non-hydrogen) atoms. The Bertz CT molecular complexity index is 946. The Balaban J connectivity index is 1.62. The first-order valence-corrected chi connectivity index (χ1v) is 15.1. The number of aliphatic hydroxyl groups excluding tert-OH is 3. The van der Waals surface area contributed by atoms with Crippen LogP contribution in [0.2, 0.25) is 25.7 Å². The van der Waals surface area contributed by atoms with E-state index in [2.05, 4.69) is 19.6 Å². The second kappa shape index (κ2) is 11.4. The van der Waals surface area contributed by atoms with E-state index in [1.54, 1.807) is 25.1 Å². The predicted octanol–water partition coefficient (Wildman–Crippen LogP) is 3.11. The zero-order chi connectivity index (χ0) is 24.9. The molecule has 0 amide bonds. The fourth-order valence-corrected chi connectivity index (χ4v) is 4.20. The van der Waals surface area contributed by atoms with Crippen LogP contribution in [0.5, 0.6) is 11.5 Å². The molecule has 9 heteroatoms. The van der Waals surface area contributed by atoms with Gasteiger partial charge >= 0.3 is 5.97 Å². The first kappa shape index (κ1) is 26.3. The average Bonchev–Trinajstić information content (AvgIpc) is 2.79. The highest BCUT2D eigenvalue weighted by Crippen LogP contribution is 2.28. The van der Waals surface area contributed by atoms with Gasteiger partial charge in [-0.2, -0.15) is 0 Å². The first-order valence-electron chi connectivity index (χ1n) is 11.4. The number of rotatable bonds is 9. The molecule has 0 saturated carbocycles. The van der Waals surface area contributed by atoms with Crippen LogP contribution in [0.15, 0.2) is 48.5 Å². The molecule has 0 radical (unpaired) electrons. The molecule has 3 rings (SSSR count). The van der Waals surface area contributed by atoms with Crippen molar-refractivity contribution >= 4 is 14.0 Å². The molecule has 2 aromatic carbocycles. The van der Waals surface area contributed by atoms with E-state index >= 15 is 0 Å². The fourth-order valence-electron chi connectivity index (χ4n) is 3.47. The van der Waals surface area contributed by atoms with Crippen LogP contribution >= 0.6 is 0 Å². The molecule has 1 fully saturated rings. The molecular formula is C25H34O8Si. The highest BCUT2D eigenvalue weighted by Gasteiger charge is 2.45. The monoisotopic (exact) mass is 490 g/mol. The summed E-state index contributed by atoms with van der Waals surface area (Å²) in [5, 5.41) is 30.8. The summed E-state index contributed by atoms with van der Waals surface area (Å²) in [6, 6.07) is 15.1. The van der Waals surface area contributed by atoms with Gasteiger partial charge in [-0.15, -0.1) is 0 Å². The number of hydrogen-bond donors (Lipinski definition) is 3. The smallest absolute Gasteiger partial charge is 0.338 e. The van der Waals surface area contributed by atoms with Crippen LogP contribution < -0.4 is 4.74 Å². The number of hydrogen-bond acceptors (Lipinski definition) is 8. The third-order valence-electron chi connectivity index (χ3n) is 5.66. The van der Waals surface area contributed by atoms with Crippen molar-refractivity contribution in [3.8, 4) is 11.5 Å². The molecule has 0 unspecified atom stereocenters. The minimum Gasteiger partial charge on any atom is -0.459 e. The van der Waals surface area contributed by atoms with Crippen molar-refractivity contribution in [3.05, 3.63) is 59.7 Å². The minimum absolute atomic E-state index is 0.308. The number of para-hydroxylation sites is 1. The van der Waals surface area contributed by atoms with E-state index in [0.717, 1.165) is 6.04 Å². The molecule has 1 saturated heterocycles. The summed E-state index contributed by atoms with van der Waals surface area (Å²) in [7, 11) is -1.37. The summed E-state index contributed by atoms with van der Waals surface area (Å²) in [4.78, 5) is 12.8. The Labute approximate surface area is 201 Å². The van der Waals surface area contributed by atoms with E-state index in [9.17, 15) is 20.1 Å².